The van der Waals surface area contributed by atoms with E-state index in [1.165, 1.54) is 0 Å². The van der Waals surface area contributed by atoms with Crippen molar-refractivity contribution in [2.75, 3.05) is 16.8 Å². The number of hydrogen-bond acceptors (Lipinski definition) is 5. The van der Waals surface area contributed by atoms with E-state index < -0.39 is 5.92 Å². The number of carbonyl (C=O) groups excluding carboxylic acids is 2. The van der Waals surface area contributed by atoms with Crippen LogP contribution in [0.25, 0.3) is 11.4 Å². The molecule has 2 heterocycles. The fraction of sp³-hybridized carbons (Fsp3) is 0.238. The van der Waals surface area contributed by atoms with Gasteiger partial charge in [-0.25, -0.2) is 0 Å². The number of aromatic nitrogens is 2. The summed E-state index contributed by atoms with van der Waals surface area (Å²) in [6.07, 6.45) is 0.811. The highest BCUT2D eigenvalue weighted by atomic mass is 35.5. The van der Waals surface area contributed by atoms with Crippen LogP contribution < -0.4 is 10.2 Å². The number of rotatable bonds is 5. The smallest absolute Gasteiger partial charge is 0.229 e. The summed E-state index contributed by atoms with van der Waals surface area (Å²) in [4.78, 5) is 31.0. The first kappa shape index (κ1) is 19.1. The van der Waals surface area contributed by atoms with Crippen LogP contribution in [0.3, 0.4) is 0 Å². The predicted octanol–water partition coefficient (Wildman–Crippen LogP) is 3.94. The van der Waals surface area contributed by atoms with E-state index in [1.54, 1.807) is 35.2 Å². The number of amides is 2. The van der Waals surface area contributed by atoms with E-state index in [0.29, 0.717) is 41.1 Å². The maximum Gasteiger partial charge on any atom is 0.229 e. The van der Waals surface area contributed by atoms with E-state index >= 15 is 0 Å². The van der Waals surface area contributed by atoms with Gasteiger partial charge in [0.05, 0.1) is 5.92 Å². The van der Waals surface area contributed by atoms with Gasteiger partial charge in [0.1, 0.15) is 0 Å². The summed E-state index contributed by atoms with van der Waals surface area (Å²) in [5.74, 6) is 0.283. The number of hydrogen-bond donors (Lipinski definition) is 1. The lowest BCUT2D eigenvalue weighted by Crippen LogP contribution is -2.28. The molecule has 8 heteroatoms. The number of aryl methyl sites for hydroxylation is 1. The van der Waals surface area contributed by atoms with Gasteiger partial charge in [-0.15, -0.1) is 0 Å². The molecular formula is C21H19ClN4O3. The molecule has 1 atom stereocenters. The molecule has 29 heavy (non-hydrogen) atoms. The van der Waals surface area contributed by atoms with E-state index in [0.717, 1.165) is 5.56 Å². The molecule has 0 spiro atoms. The highest BCUT2D eigenvalue weighted by Crippen LogP contribution is 2.28. The Bertz CT molecular complexity index is 1070. The minimum absolute atomic E-state index is 0.0972. The number of anilines is 2. The molecule has 1 aliphatic rings. The zero-order chi connectivity index (χ0) is 20.4. The second kappa shape index (κ2) is 8.05. The fourth-order valence-electron chi connectivity index (χ4n) is 3.27. The van der Waals surface area contributed by atoms with E-state index in [1.807, 2.05) is 25.1 Å². The predicted molar refractivity (Wildman–Crippen MR) is 110 cm³/mol. The summed E-state index contributed by atoms with van der Waals surface area (Å²) < 4.78 is 5.14. The van der Waals surface area contributed by atoms with Crippen LogP contribution >= 0.6 is 11.6 Å². The largest absolute Gasteiger partial charge is 0.339 e. The van der Waals surface area contributed by atoms with Crippen LogP contribution in [-0.4, -0.2) is 28.5 Å². The second-order valence-corrected chi connectivity index (χ2v) is 7.26. The molecule has 0 radical (unpaired) electrons. The summed E-state index contributed by atoms with van der Waals surface area (Å²) in [6.45, 7) is 2.25. The van der Waals surface area contributed by atoms with E-state index in [4.69, 9.17) is 16.1 Å². The third-order valence-corrected chi connectivity index (χ3v) is 5.01. The number of carbonyl (C=O) groups is 2. The highest BCUT2D eigenvalue weighted by molar-refractivity contribution is 6.31. The molecule has 0 aliphatic carbocycles. The fourth-order valence-corrected chi connectivity index (χ4v) is 3.46. The van der Waals surface area contributed by atoms with Gasteiger partial charge in [-0.2, -0.15) is 4.98 Å². The molecule has 148 valence electrons. The first-order valence-electron chi connectivity index (χ1n) is 9.33. The Morgan fingerprint density at radius 1 is 1.28 bits per heavy atom. The lowest BCUT2D eigenvalue weighted by atomic mass is 10.1. The maximum atomic E-state index is 12.7. The van der Waals surface area contributed by atoms with Crippen LogP contribution in [0.4, 0.5) is 11.4 Å². The lowest BCUT2D eigenvalue weighted by molar-refractivity contribution is -0.122. The Kier molecular flexibility index (Phi) is 5.31. The lowest BCUT2D eigenvalue weighted by Gasteiger charge is -2.17. The Morgan fingerprint density at radius 2 is 2.10 bits per heavy atom. The van der Waals surface area contributed by atoms with Crippen LogP contribution in [0, 0.1) is 5.92 Å². The van der Waals surface area contributed by atoms with Crippen molar-refractivity contribution in [3.05, 3.63) is 59.4 Å². The van der Waals surface area contributed by atoms with Gasteiger partial charge in [0.25, 0.3) is 0 Å². The second-order valence-electron chi connectivity index (χ2n) is 6.82. The average molecular weight is 411 g/mol. The molecule has 0 saturated carbocycles. The topological polar surface area (TPSA) is 88.3 Å². The first-order chi connectivity index (χ1) is 14.0. The van der Waals surface area contributed by atoms with Gasteiger partial charge in [0, 0.05) is 41.3 Å². The average Bonchev–Trinajstić information content (AvgIpc) is 3.35. The van der Waals surface area contributed by atoms with Gasteiger partial charge in [-0.1, -0.05) is 41.9 Å². The molecule has 0 unspecified atom stereocenters. The van der Waals surface area contributed by atoms with Crippen molar-refractivity contribution in [3.8, 4) is 11.4 Å². The zero-order valence-electron chi connectivity index (χ0n) is 15.8. The third-order valence-electron chi connectivity index (χ3n) is 4.77. The molecular weight excluding hydrogens is 392 g/mol. The highest BCUT2D eigenvalue weighted by Gasteiger charge is 2.35. The van der Waals surface area contributed by atoms with Gasteiger partial charge in [-0.3, -0.25) is 9.59 Å². The molecule has 7 nitrogen and oxygen atoms in total. The molecule has 0 bridgehead atoms. The molecule has 2 aromatic carbocycles. The normalized spacial score (nSPS) is 16.3. The summed E-state index contributed by atoms with van der Waals surface area (Å²) in [6, 6.07) is 14.3. The standard InChI is InChI=1S/C21H19ClN4O3/c1-2-18-24-20(25-29-18)13-5-3-7-16(9-13)23-21(28)14-10-19(27)26(12-14)17-8-4-6-15(22)11-17/h3-9,11,14H,2,10,12H2,1H3,(H,23,28)/t14-/m1/s1. The number of halogens is 1. The van der Waals surface area contributed by atoms with Crippen LogP contribution in [0.1, 0.15) is 19.2 Å². The van der Waals surface area contributed by atoms with Gasteiger partial charge < -0.3 is 14.7 Å². The third kappa shape index (κ3) is 4.14. The van der Waals surface area contributed by atoms with Gasteiger partial charge in [0.15, 0.2) is 0 Å². The van der Waals surface area contributed by atoms with Crippen molar-refractivity contribution < 1.29 is 14.1 Å². The SMILES string of the molecule is CCc1nc(-c2cccc(NC(=O)[C@@H]3CC(=O)N(c4cccc(Cl)c4)C3)c2)no1. The van der Waals surface area contributed by atoms with Crippen molar-refractivity contribution in [2.45, 2.75) is 19.8 Å². The van der Waals surface area contributed by atoms with E-state index in [9.17, 15) is 9.59 Å². The zero-order valence-corrected chi connectivity index (χ0v) is 16.5. The van der Waals surface area contributed by atoms with Crippen LogP contribution in [-0.2, 0) is 16.0 Å². The number of benzene rings is 2. The van der Waals surface area contributed by atoms with Crippen molar-refractivity contribution in [1.82, 2.24) is 10.1 Å². The Balaban J connectivity index is 1.46. The molecule has 1 aromatic heterocycles. The number of nitrogens with one attached hydrogen (secondary N) is 1. The van der Waals surface area contributed by atoms with Crippen molar-refractivity contribution in [1.29, 1.82) is 0 Å². The van der Waals surface area contributed by atoms with Gasteiger partial charge in [0.2, 0.25) is 23.5 Å². The Labute approximate surface area is 172 Å². The summed E-state index contributed by atoms with van der Waals surface area (Å²) >= 11 is 6.02. The van der Waals surface area contributed by atoms with Crippen LogP contribution in [0.2, 0.25) is 5.02 Å². The first-order valence-corrected chi connectivity index (χ1v) is 9.71. The molecule has 1 saturated heterocycles. The summed E-state index contributed by atoms with van der Waals surface area (Å²) in [7, 11) is 0. The molecule has 1 N–H and O–H groups in total. The van der Waals surface area contributed by atoms with Crippen LogP contribution in [0.15, 0.2) is 53.1 Å². The monoisotopic (exact) mass is 410 g/mol. The van der Waals surface area contributed by atoms with Crippen molar-refractivity contribution in [3.63, 3.8) is 0 Å². The summed E-state index contributed by atoms with van der Waals surface area (Å²) in [5.41, 5.74) is 2.06. The molecule has 1 fully saturated rings. The molecule has 1 aliphatic heterocycles. The van der Waals surface area contributed by atoms with Gasteiger partial charge >= 0.3 is 0 Å². The minimum atomic E-state index is -0.443. The molecule has 2 amide bonds. The van der Waals surface area contributed by atoms with Crippen molar-refractivity contribution in [2.24, 2.45) is 5.92 Å². The van der Waals surface area contributed by atoms with E-state index in [2.05, 4.69) is 15.5 Å². The maximum absolute atomic E-state index is 12.7. The Hall–Kier alpha value is -3.19. The summed E-state index contributed by atoms with van der Waals surface area (Å²) in [5, 5.41) is 7.39. The Morgan fingerprint density at radius 3 is 2.86 bits per heavy atom. The van der Waals surface area contributed by atoms with E-state index in [-0.39, 0.29) is 18.2 Å². The quantitative estimate of drug-likeness (QED) is 0.688. The molecule has 4 rings (SSSR count). The molecule has 3 aromatic rings. The van der Waals surface area contributed by atoms with Gasteiger partial charge in [-0.05, 0) is 30.3 Å². The minimum Gasteiger partial charge on any atom is -0.339 e. The van der Waals surface area contributed by atoms with Crippen LogP contribution in [0.5, 0.6) is 0 Å². The number of nitrogens with zero attached hydrogens (tertiary/aromatic N) is 3. The van der Waals surface area contributed by atoms with Crippen molar-refractivity contribution >= 4 is 34.8 Å².